The Hall–Kier alpha value is -1.94. The molecule has 0 radical (unpaired) electrons. The highest BCUT2D eigenvalue weighted by Gasteiger charge is 2.10. The molecule has 1 N–H and O–H groups in total. The molecule has 112 valence electrons. The second kappa shape index (κ2) is 6.22. The van der Waals surface area contributed by atoms with Crippen LogP contribution in [-0.2, 0) is 6.54 Å². The lowest BCUT2D eigenvalue weighted by atomic mass is 10.1. The number of aryl methyl sites for hydroxylation is 1. The van der Waals surface area contributed by atoms with Crippen molar-refractivity contribution in [3.05, 3.63) is 53.5 Å². The van der Waals surface area contributed by atoms with Gasteiger partial charge in [-0.05, 0) is 63.6 Å². The Kier molecular flexibility index (Phi) is 4.58. The number of hydrogen-bond acceptors (Lipinski definition) is 3. The van der Waals surface area contributed by atoms with Crippen molar-refractivity contribution in [3.8, 4) is 11.6 Å². The maximum atomic E-state index is 12.9. The first-order valence-electron chi connectivity index (χ1n) is 6.97. The Bertz CT molecular complexity index is 603. The Morgan fingerprint density at radius 2 is 1.86 bits per heavy atom. The molecule has 1 aromatic heterocycles. The SMILES string of the molecule is Cc1cc(CNC(C)(C)C)cnc1Oc1ccc(F)cc1. The molecule has 2 rings (SSSR count). The van der Waals surface area contributed by atoms with Gasteiger partial charge in [0.05, 0.1) is 0 Å². The zero-order valence-corrected chi connectivity index (χ0v) is 12.9. The van der Waals surface area contributed by atoms with E-state index in [1.54, 1.807) is 18.3 Å². The quantitative estimate of drug-likeness (QED) is 0.915. The third kappa shape index (κ3) is 4.83. The van der Waals surface area contributed by atoms with Crippen molar-refractivity contribution < 1.29 is 9.13 Å². The summed E-state index contributed by atoms with van der Waals surface area (Å²) in [6, 6.07) is 7.96. The van der Waals surface area contributed by atoms with Crippen molar-refractivity contribution in [3.63, 3.8) is 0 Å². The molecule has 0 atom stereocenters. The normalized spacial score (nSPS) is 11.5. The van der Waals surface area contributed by atoms with E-state index in [2.05, 4.69) is 31.1 Å². The lowest BCUT2D eigenvalue weighted by Gasteiger charge is -2.20. The minimum absolute atomic E-state index is 0.0667. The van der Waals surface area contributed by atoms with Crippen LogP contribution in [0.25, 0.3) is 0 Å². The fourth-order valence-electron chi connectivity index (χ4n) is 1.81. The van der Waals surface area contributed by atoms with E-state index in [-0.39, 0.29) is 11.4 Å². The third-order valence-electron chi connectivity index (χ3n) is 2.94. The number of aromatic nitrogens is 1. The highest BCUT2D eigenvalue weighted by molar-refractivity contribution is 5.33. The maximum absolute atomic E-state index is 12.9. The molecule has 3 nitrogen and oxygen atoms in total. The summed E-state index contributed by atoms with van der Waals surface area (Å²) in [5, 5.41) is 3.42. The molecule has 0 aliphatic rings. The second-order valence-electron chi connectivity index (χ2n) is 6.13. The van der Waals surface area contributed by atoms with E-state index in [1.165, 1.54) is 12.1 Å². The van der Waals surface area contributed by atoms with Crippen molar-refractivity contribution in [1.29, 1.82) is 0 Å². The van der Waals surface area contributed by atoms with Gasteiger partial charge in [-0.15, -0.1) is 0 Å². The molecule has 0 unspecified atom stereocenters. The molecule has 0 spiro atoms. The number of nitrogens with one attached hydrogen (secondary N) is 1. The van der Waals surface area contributed by atoms with Gasteiger partial charge in [0.25, 0.3) is 0 Å². The molecule has 21 heavy (non-hydrogen) atoms. The molecular formula is C17H21FN2O. The van der Waals surface area contributed by atoms with E-state index in [0.717, 1.165) is 17.7 Å². The third-order valence-corrected chi connectivity index (χ3v) is 2.94. The van der Waals surface area contributed by atoms with Gasteiger partial charge in [-0.25, -0.2) is 9.37 Å². The van der Waals surface area contributed by atoms with Gasteiger partial charge in [-0.2, -0.15) is 0 Å². The number of ether oxygens (including phenoxy) is 1. The fraction of sp³-hybridized carbons (Fsp3) is 0.353. The Labute approximate surface area is 125 Å². The van der Waals surface area contributed by atoms with Gasteiger partial charge in [0.2, 0.25) is 5.88 Å². The van der Waals surface area contributed by atoms with Crippen LogP contribution >= 0.6 is 0 Å². The van der Waals surface area contributed by atoms with E-state index in [1.807, 2.05) is 13.0 Å². The van der Waals surface area contributed by atoms with E-state index < -0.39 is 0 Å². The molecule has 0 amide bonds. The number of benzene rings is 1. The van der Waals surface area contributed by atoms with Gasteiger partial charge in [-0.3, -0.25) is 0 Å². The van der Waals surface area contributed by atoms with Crippen molar-refractivity contribution >= 4 is 0 Å². The predicted octanol–water partition coefficient (Wildman–Crippen LogP) is 4.21. The van der Waals surface area contributed by atoms with Crippen molar-refractivity contribution in [2.24, 2.45) is 0 Å². The van der Waals surface area contributed by atoms with E-state index >= 15 is 0 Å². The topological polar surface area (TPSA) is 34.2 Å². The minimum Gasteiger partial charge on any atom is -0.439 e. The molecule has 0 aliphatic heterocycles. The van der Waals surface area contributed by atoms with E-state index in [0.29, 0.717) is 11.6 Å². The van der Waals surface area contributed by atoms with Gasteiger partial charge in [0.1, 0.15) is 11.6 Å². The molecular weight excluding hydrogens is 267 g/mol. The van der Waals surface area contributed by atoms with Gasteiger partial charge in [-0.1, -0.05) is 0 Å². The number of rotatable bonds is 4. The summed E-state index contributed by atoms with van der Waals surface area (Å²) in [7, 11) is 0. The van der Waals surface area contributed by atoms with Gasteiger partial charge in [0, 0.05) is 23.8 Å². The van der Waals surface area contributed by atoms with E-state index in [4.69, 9.17) is 4.74 Å². The van der Waals surface area contributed by atoms with Gasteiger partial charge >= 0.3 is 0 Å². The van der Waals surface area contributed by atoms with Crippen LogP contribution in [0, 0.1) is 12.7 Å². The number of halogens is 1. The summed E-state index contributed by atoms with van der Waals surface area (Å²) >= 11 is 0. The van der Waals surface area contributed by atoms with Crippen LogP contribution in [0.5, 0.6) is 11.6 Å². The summed E-state index contributed by atoms with van der Waals surface area (Å²) in [5.74, 6) is 0.837. The standard InChI is InChI=1S/C17H21FN2O/c1-12-9-13(11-20-17(2,3)4)10-19-16(12)21-15-7-5-14(18)6-8-15/h5-10,20H,11H2,1-4H3. The lowest BCUT2D eigenvalue weighted by molar-refractivity contribution is 0.422. The molecule has 0 aliphatic carbocycles. The van der Waals surface area contributed by atoms with Gasteiger partial charge in [0.15, 0.2) is 0 Å². The van der Waals surface area contributed by atoms with Crippen LogP contribution in [-0.4, -0.2) is 10.5 Å². The molecule has 0 bridgehead atoms. The first kappa shape index (κ1) is 15.4. The zero-order chi connectivity index (χ0) is 15.5. The Balaban J connectivity index is 2.07. The number of pyridine rings is 1. The van der Waals surface area contributed by atoms with E-state index in [9.17, 15) is 4.39 Å². The predicted molar refractivity (Wildman–Crippen MR) is 82.0 cm³/mol. The van der Waals surface area contributed by atoms with Crippen molar-refractivity contribution in [1.82, 2.24) is 10.3 Å². The molecule has 0 fully saturated rings. The summed E-state index contributed by atoms with van der Waals surface area (Å²) in [6.07, 6.45) is 1.80. The summed E-state index contributed by atoms with van der Waals surface area (Å²) in [4.78, 5) is 4.34. The van der Waals surface area contributed by atoms with Crippen LogP contribution in [0.1, 0.15) is 31.9 Å². The van der Waals surface area contributed by atoms with Crippen LogP contribution in [0.3, 0.4) is 0 Å². The summed E-state index contributed by atoms with van der Waals surface area (Å²) in [5.41, 5.74) is 2.12. The molecule has 1 aromatic carbocycles. The highest BCUT2D eigenvalue weighted by atomic mass is 19.1. The number of nitrogens with zero attached hydrogens (tertiary/aromatic N) is 1. The average molecular weight is 288 g/mol. The molecule has 4 heteroatoms. The summed E-state index contributed by atoms with van der Waals surface area (Å²) in [6.45, 7) is 9.08. The smallest absolute Gasteiger partial charge is 0.222 e. The van der Waals surface area contributed by atoms with Crippen LogP contribution in [0.15, 0.2) is 36.5 Å². The molecule has 0 saturated heterocycles. The highest BCUT2D eigenvalue weighted by Crippen LogP contribution is 2.23. The van der Waals surface area contributed by atoms with Gasteiger partial charge < -0.3 is 10.1 Å². The average Bonchev–Trinajstić information content (AvgIpc) is 2.41. The number of hydrogen-bond donors (Lipinski definition) is 1. The molecule has 1 heterocycles. The maximum Gasteiger partial charge on any atom is 0.222 e. The summed E-state index contributed by atoms with van der Waals surface area (Å²) < 4.78 is 18.5. The Morgan fingerprint density at radius 3 is 2.43 bits per heavy atom. The fourth-order valence-corrected chi connectivity index (χ4v) is 1.81. The van der Waals surface area contributed by atoms with Crippen LogP contribution < -0.4 is 10.1 Å². The zero-order valence-electron chi connectivity index (χ0n) is 12.9. The van der Waals surface area contributed by atoms with Crippen molar-refractivity contribution in [2.75, 3.05) is 0 Å². The van der Waals surface area contributed by atoms with Crippen LogP contribution in [0.4, 0.5) is 4.39 Å². The molecule has 0 saturated carbocycles. The minimum atomic E-state index is -0.282. The van der Waals surface area contributed by atoms with Crippen LogP contribution in [0.2, 0.25) is 0 Å². The largest absolute Gasteiger partial charge is 0.439 e. The first-order valence-corrected chi connectivity index (χ1v) is 6.97. The molecule has 2 aromatic rings. The van der Waals surface area contributed by atoms with Crippen molar-refractivity contribution in [2.45, 2.75) is 39.8 Å². The lowest BCUT2D eigenvalue weighted by Crippen LogP contribution is -2.35. The monoisotopic (exact) mass is 288 g/mol. The second-order valence-corrected chi connectivity index (χ2v) is 6.13. The Morgan fingerprint density at radius 1 is 1.19 bits per heavy atom. The first-order chi connectivity index (χ1) is 9.83.